The van der Waals surface area contributed by atoms with Gasteiger partial charge >= 0.3 is 12.1 Å². The van der Waals surface area contributed by atoms with Crippen molar-refractivity contribution >= 4 is 12.1 Å². The lowest BCUT2D eigenvalue weighted by molar-refractivity contribution is 0.0167. The number of nitrogens with two attached hydrogens (primary N) is 1. The minimum absolute atomic E-state index is 0.367. The first kappa shape index (κ1) is 17.0. The van der Waals surface area contributed by atoms with E-state index in [-0.39, 0.29) is 0 Å². The van der Waals surface area contributed by atoms with Crippen LogP contribution in [0.1, 0.15) is 49.7 Å². The topological polar surface area (TPSA) is 81.9 Å². The first-order valence-electron chi connectivity index (χ1n) is 6.61. The molecule has 1 amide bonds. The molecule has 0 saturated carbocycles. The van der Waals surface area contributed by atoms with E-state index in [4.69, 9.17) is 15.3 Å². The summed E-state index contributed by atoms with van der Waals surface area (Å²) < 4.78 is 9.95. The van der Waals surface area contributed by atoms with Gasteiger partial charge in [-0.3, -0.25) is 0 Å². The summed E-state index contributed by atoms with van der Waals surface area (Å²) in [6.45, 7) is 6.98. The molecule has 0 spiro atoms. The van der Waals surface area contributed by atoms with E-state index < -0.39 is 23.7 Å². The van der Waals surface area contributed by atoms with E-state index in [1.54, 1.807) is 52.0 Å². The quantitative estimate of drug-likeness (QED) is 0.401. The highest BCUT2D eigenvalue weighted by Gasteiger charge is 2.27. The van der Waals surface area contributed by atoms with E-state index in [1.165, 1.54) is 7.11 Å². The highest BCUT2D eigenvalue weighted by molar-refractivity contribution is 5.91. The average molecular weight is 294 g/mol. The summed E-state index contributed by atoms with van der Waals surface area (Å²) in [6.07, 6.45) is -0.658. The molecule has 1 aromatic carbocycles. The summed E-state index contributed by atoms with van der Waals surface area (Å²) >= 11 is 0. The zero-order valence-corrected chi connectivity index (χ0v) is 13.0. The Bertz CT molecular complexity index is 523. The Kier molecular flexibility index (Phi) is 5.32. The SMILES string of the molecule is COC(=O)c1ccccc1C(C)N(N)C(=O)OC(C)(C)C. The van der Waals surface area contributed by atoms with Crippen molar-refractivity contribution in [2.45, 2.75) is 39.3 Å². The fraction of sp³-hybridized carbons (Fsp3) is 0.467. The number of benzene rings is 1. The van der Waals surface area contributed by atoms with Crippen LogP contribution in [0, 0.1) is 0 Å². The summed E-state index contributed by atoms with van der Waals surface area (Å²) in [5.41, 5.74) is 0.320. The number of carbonyl (C=O) groups is 2. The first-order valence-corrected chi connectivity index (χ1v) is 6.61. The Balaban J connectivity index is 3.00. The van der Waals surface area contributed by atoms with Gasteiger partial charge < -0.3 is 9.47 Å². The Morgan fingerprint density at radius 2 is 1.81 bits per heavy atom. The molecule has 2 N–H and O–H groups in total. The average Bonchev–Trinajstić information content (AvgIpc) is 2.43. The second kappa shape index (κ2) is 6.58. The summed E-state index contributed by atoms with van der Waals surface area (Å²) in [5.74, 6) is 5.34. The van der Waals surface area contributed by atoms with E-state index in [1.807, 2.05) is 0 Å². The Hall–Kier alpha value is -2.08. The maximum atomic E-state index is 12.0. The maximum Gasteiger partial charge on any atom is 0.425 e. The van der Waals surface area contributed by atoms with E-state index in [0.717, 1.165) is 5.01 Å². The summed E-state index contributed by atoms with van der Waals surface area (Å²) in [6, 6.07) is 6.30. The van der Waals surface area contributed by atoms with Crippen LogP contribution in [0.2, 0.25) is 0 Å². The van der Waals surface area contributed by atoms with Crippen molar-refractivity contribution in [3.8, 4) is 0 Å². The second-order valence-electron chi connectivity index (χ2n) is 5.64. The van der Waals surface area contributed by atoms with Gasteiger partial charge in [-0.1, -0.05) is 18.2 Å². The molecule has 0 bridgehead atoms. The van der Waals surface area contributed by atoms with Crippen molar-refractivity contribution in [1.82, 2.24) is 5.01 Å². The number of hydrogen-bond acceptors (Lipinski definition) is 5. The third-order valence-corrected chi connectivity index (χ3v) is 2.84. The zero-order chi connectivity index (χ0) is 16.2. The molecule has 0 fully saturated rings. The van der Waals surface area contributed by atoms with Gasteiger partial charge in [0.25, 0.3) is 0 Å². The van der Waals surface area contributed by atoms with Crippen molar-refractivity contribution in [3.63, 3.8) is 0 Å². The number of hydrogen-bond donors (Lipinski definition) is 1. The molecule has 0 aliphatic heterocycles. The molecule has 0 heterocycles. The molecule has 0 radical (unpaired) electrons. The lowest BCUT2D eigenvalue weighted by atomic mass is 10.0. The minimum Gasteiger partial charge on any atom is -0.465 e. The van der Waals surface area contributed by atoms with Gasteiger partial charge in [0.1, 0.15) is 5.60 Å². The number of esters is 1. The fourth-order valence-electron chi connectivity index (χ4n) is 1.78. The van der Waals surface area contributed by atoms with Gasteiger partial charge in [0.05, 0.1) is 18.7 Å². The third-order valence-electron chi connectivity index (χ3n) is 2.84. The molecule has 116 valence electrons. The molecule has 0 aliphatic carbocycles. The normalized spacial score (nSPS) is 12.5. The summed E-state index contributed by atoms with van der Waals surface area (Å²) in [7, 11) is 1.30. The molecule has 0 aromatic heterocycles. The number of amides is 1. The largest absolute Gasteiger partial charge is 0.465 e. The lowest BCUT2D eigenvalue weighted by Crippen LogP contribution is -2.43. The van der Waals surface area contributed by atoms with Gasteiger partial charge in [0.2, 0.25) is 0 Å². The molecule has 0 saturated heterocycles. The van der Waals surface area contributed by atoms with Gasteiger partial charge in [-0.05, 0) is 39.3 Å². The molecule has 6 heteroatoms. The molecule has 1 rings (SSSR count). The number of methoxy groups -OCH3 is 1. The monoisotopic (exact) mass is 294 g/mol. The Morgan fingerprint density at radius 1 is 1.24 bits per heavy atom. The number of nitrogens with zero attached hydrogens (tertiary/aromatic N) is 1. The van der Waals surface area contributed by atoms with Crippen LogP contribution in [0.15, 0.2) is 24.3 Å². The predicted molar refractivity (Wildman–Crippen MR) is 78.5 cm³/mol. The predicted octanol–water partition coefficient (Wildman–Crippen LogP) is 2.65. The van der Waals surface area contributed by atoms with Crippen LogP contribution in [-0.4, -0.2) is 29.8 Å². The second-order valence-corrected chi connectivity index (χ2v) is 5.64. The van der Waals surface area contributed by atoms with Gasteiger partial charge in [-0.25, -0.2) is 20.4 Å². The molecule has 1 aromatic rings. The third kappa shape index (κ3) is 4.46. The number of hydrazine groups is 1. The molecule has 0 aliphatic rings. The minimum atomic E-state index is -0.658. The van der Waals surface area contributed by atoms with Crippen LogP contribution < -0.4 is 5.84 Å². The first-order chi connectivity index (χ1) is 9.67. The fourth-order valence-corrected chi connectivity index (χ4v) is 1.78. The molecule has 1 unspecified atom stereocenters. The van der Waals surface area contributed by atoms with E-state index >= 15 is 0 Å². The smallest absolute Gasteiger partial charge is 0.425 e. The van der Waals surface area contributed by atoms with E-state index in [2.05, 4.69) is 0 Å². The maximum absolute atomic E-state index is 12.0. The van der Waals surface area contributed by atoms with Crippen molar-refractivity contribution in [2.75, 3.05) is 7.11 Å². The Morgan fingerprint density at radius 3 is 2.33 bits per heavy atom. The summed E-state index contributed by atoms with van der Waals surface area (Å²) in [4.78, 5) is 23.7. The van der Waals surface area contributed by atoms with Crippen molar-refractivity contribution in [2.24, 2.45) is 5.84 Å². The van der Waals surface area contributed by atoms with Gasteiger partial charge in [-0.2, -0.15) is 0 Å². The number of ether oxygens (including phenoxy) is 2. The van der Waals surface area contributed by atoms with E-state index in [0.29, 0.717) is 11.1 Å². The van der Waals surface area contributed by atoms with Crippen LogP contribution in [0.25, 0.3) is 0 Å². The molecule has 21 heavy (non-hydrogen) atoms. The van der Waals surface area contributed by atoms with Crippen molar-refractivity contribution in [1.29, 1.82) is 0 Å². The Labute approximate surface area is 124 Å². The van der Waals surface area contributed by atoms with Crippen LogP contribution in [0.3, 0.4) is 0 Å². The van der Waals surface area contributed by atoms with Gasteiger partial charge in [-0.15, -0.1) is 0 Å². The number of carbonyl (C=O) groups excluding carboxylic acids is 2. The highest BCUT2D eigenvalue weighted by Crippen LogP contribution is 2.23. The molecular formula is C15H22N2O4. The van der Waals surface area contributed by atoms with Crippen LogP contribution >= 0.6 is 0 Å². The lowest BCUT2D eigenvalue weighted by Gasteiger charge is -2.29. The highest BCUT2D eigenvalue weighted by atomic mass is 16.6. The zero-order valence-electron chi connectivity index (χ0n) is 13.0. The van der Waals surface area contributed by atoms with Gasteiger partial charge in [0.15, 0.2) is 0 Å². The molecular weight excluding hydrogens is 272 g/mol. The van der Waals surface area contributed by atoms with Crippen LogP contribution in [0.5, 0.6) is 0 Å². The van der Waals surface area contributed by atoms with Crippen molar-refractivity contribution < 1.29 is 19.1 Å². The van der Waals surface area contributed by atoms with Gasteiger partial charge in [0, 0.05) is 0 Å². The standard InChI is InChI=1S/C15H22N2O4/c1-10(17(16)14(19)21-15(2,3)4)11-8-6-7-9-12(11)13(18)20-5/h6-10H,16H2,1-5H3. The molecule has 1 atom stereocenters. The van der Waals surface area contributed by atoms with Crippen molar-refractivity contribution in [3.05, 3.63) is 35.4 Å². The van der Waals surface area contributed by atoms with E-state index in [9.17, 15) is 9.59 Å². The van der Waals surface area contributed by atoms with Crippen LogP contribution in [0.4, 0.5) is 4.79 Å². The van der Waals surface area contributed by atoms with Crippen LogP contribution in [-0.2, 0) is 9.47 Å². The molecule has 6 nitrogen and oxygen atoms in total. The summed E-state index contributed by atoms with van der Waals surface area (Å²) in [5, 5.41) is 0.965. The number of rotatable bonds is 3.